The van der Waals surface area contributed by atoms with Crippen molar-refractivity contribution in [1.29, 1.82) is 0 Å². The number of hydrogen-bond acceptors (Lipinski definition) is 5. The molecule has 0 radical (unpaired) electrons. The van der Waals surface area contributed by atoms with Gasteiger partial charge in [0.25, 0.3) is 11.5 Å². The zero-order valence-electron chi connectivity index (χ0n) is 15.4. The molecule has 1 amide bonds. The van der Waals surface area contributed by atoms with Gasteiger partial charge in [0.1, 0.15) is 17.0 Å². The number of para-hydroxylation sites is 2. The molecule has 0 fully saturated rings. The van der Waals surface area contributed by atoms with Crippen LogP contribution in [-0.4, -0.2) is 22.3 Å². The maximum atomic E-state index is 13.0. The molecule has 2 heterocycles. The number of benzene rings is 1. The van der Waals surface area contributed by atoms with Gasteiger partial charge >= 0.3 is 0 Å². The van der Waals surface area contributed by atoms with Crippen LogP contribution in [0.2, 0.25) is 0 Å². The first-order chi connectivity index (χ1) is 12.9. The minimum absolute atomic E-state index is 0.386. The lowest BCUT2D eigenvalue weighted by Crippen LogP contribution is -2.47. The summed E-state index contributed by atoms with van der Waals surface area (Å²) in [6.45, 7) is 5.60. The monoisotopic (exact) mass is 367 g/mol. The van der Waals surface area contributed by atoms with Gasteiger partial charge in [-0.15, -0.1) is 0 Å². The summed E-state index contributed by atoms with van der Waals surface area (Å²) in [4.78, 5) is 25.3. The van der Waals surface area contributed by atoms with Gasteiger partial charge in [-0.3, -0.25) is 9.59 Å². The van der Waals surface area contributed by atoms with E-state index in [1.54, 1.807) is 50.2 Å². The maximum absolute atomic E-state index is 13.0. The van der Waals surface area contributed by atoms with E-state index in [0.717, 1.165) is 4.68 Å². The third-order valence-electron chi connectivity index (χ3n) is 4.09. The van der Waals surface area contributed by atoms with Crippen molar-refractivity contribution in [3.8, 4) is 17.2 Å². The highest BCUT2D eigenvalue weighted by Gasteiger charge is 2.33. The lowest BCUT2D eigenvalue weighted by atomic mass is 10.0. The number of carbonyl (C=O) groups is 1. The van der Waals surface area contributed by atoms with Crippen molar-refractivity contribution in [3.05, 3.63) is 65.1 Å². The van der Waals surface area contributed by atoms with Crippen molar-refractivity contribution >= 4 is 11.6 Å². The number of anilines is 1. The summed E-state index contributed by atoms with van der Waals surface area (Å²) in [5.74, 6) is 0.691. The fourth-order valence-corrected chi connectivity index (χ4v) is 2.59. The Morgan fingerprint density at radius 1 is 1.19 bits per heavy atom. The van der Waals surface area contributed by atoms with Gasteiger partial charge in [0.2, 0.25) is 0 Å². The van der Waals surface area contributed by atoms with E-state index in [2.05, 4.69) is 10.4 Å². The third-order valence-corrected chi connectivity index (χ3v) is 4.09. The lowest BCUT2D eigenvalue weighted by molar-refractivity contribution is -0.123. The van der Waals surface area contributed by atoms with Gasteiger partial charge in [0, 0.05) is 6.07 Å². The van der Waals surface area contributed by atoms with Crippen LogP contribution >= 0.6 is 0 Å². The third kappa shape index (κ3) is 3.76. The predicted octanol–water partition coefficient (Wildman–Crippen LogP) is 3.28. The Labute approximate surface area is 156 Å². The number of carbonyl (C=O) groups excluding carboxylic acids is 1. The summed E-state index contributed by atoms with van der Waals surface area (Å²) in [5, 5.41) is 7.15. The van der Waals surface area contributed by atoms with Crippen LogP contribution in [0.1, 0.15) is 20.8 Å². The molecule has 0 spiro atoms. The van der Waals surface area contributed by atoms with E-state index in [-0.39, 0.29) is 11.5 Å². The van der Waals surface area contributed by atoms with Crippen LogP contribution in [0, 0.1) is 0 Å². The highest BCUT2D eigenvalue weighted by atomic mass is 16.5. The average molecular weight is 367 g/mol. The molecule has 2 aromatic heterocycles. The van der Waals surface area contributed by atoms with Gasteiger partial charge in [-0.25, -0.2) is 4.68 Å². The molecule has 1 aromatic carbocycles. The van der Waals surface area contributed by atoms with E-state index in [1.807, 2.05) is 13.0 Å². The summed E-state index contributed by atoms with van der Waals surface area (Å²) < 4.78 is 12.0. The predicted molar refractivity (Wildman–Crippen MR) is 102 cm³/mol. The topological polar surface area (TPSA) is 86.4 Å². The molecule has 0 bridgehead atoms. The van der Waals surface area contributed by atoms with Gasteiger partial charge in [0.15, 0.2) is 5.76 Å². The Morgan fingerprint density at radius 2 is 1.96 bits per heavy atom. The molecule has 0 aliphatic rings. The number of nitrogens with zero attached hydrogens (tertiary/aromatic N) is 2. The van der Waals surface area contributed by atoms with E-state index in [0.29, 0.717) is 29.5 Å². The van der Waals surface area contributed by atoms with Crippen molar-refractivity contribution in [2.45, 2.75) is 26.3 Å². The molecule has 140 valence electrons. The molecule has 0 aliphatic carbocycles. The summed E-state index contributed by atoms with van der Waals surface area (Å²) in [7, 11) is 0. The van der Waals surface area contributed by atoms with Gasteiger partial charge in [-0.2, -0.15) is 5.10 Å². The number of rotatable bonds is 6. The fourth-order valence-electron chi connectivity index (χ4n) is 2.59. The lowest BCUT2D eigenvalue weighted by Gasteiger charge is -2.25. The second-order valence-corrected chi connectivity index (χ2v) is 6.39. The van der Waals surface area contributed by atoms with E-state index >= 15 is 0 Å². The van der Waals surface area contributed by atoms with Gasteiger partial charge in [0.05, 0.1) is 18.6 Å². The Bertz CT molecular complexity index is 990. The van der Waals surface area contributed by atoms with E-state index in [4.69, 9.17) is 9.15 Å². The molecule has 0 unspecified atom stereocenters. The molecule has 0 aliphatic heterocycles. The molecule has 1 N–H and O–H groups in total. The Hall–Kier alpha value is -3.35. The van der Waals surface area contributed by atoms with Crippen LogP contribution in [0.5, 0.6) is 5.75 Å². The molecule has 0 saturated heterocycles. The normalized spacial score (nSPS) is 11.2. The smallest absolute Gasteiger partial charge is 0.267 e. The van der Waals surface area contributed by atoms with E-state index in [1.165, 1.54) is 12.3 Å². The molecular formula is C20H21N3O4. The number of furan rings is 1. The largest absolute Gasteiger partial charge is 0.492 e. The van der Waals surface area contributed by atoms with Gasteiger partial charge in [-0.1, -0.05) is 12.1 Å². The second-order valence-electron chi connectivity index (χ2n) is 6.39. The standard InChI is InChI=1S/C20H21N3O4/c1-4-26-16-9-6-5-8-14(16)21-19(25)20(2,3)23-18(24)12-11-15(22-23)17-10-7-13-27-17/h5-13H,4H2,1-3H3,(H,21,25). The Balaban J connectivity index is 1.93. The molecule has 7 nitrogen and oxygen atoms in total. The number of aromatic nitrogens is 2. The average Bonchev–Trinajstić information content (AvgIpc) is 3.18. The summed E-state index contributed by atoms with van der Waals surface area (Å²) in [6, 6.07) is 13.5. The minimum Gasteiger partial charge on any atom is -0.492 e. The second kappa shape index (κ2) is 7.49. The van der Waals surface area contributed by atoms with Crippen LogP contribution in [0.25, 0.3) is 11.5 Å². The van der Waals surface area contributed by atoms with Gasteiger partial charge in [-0.05, 0) is 51.1 Å². The molecule has 3 rings (SSSR count). The van der Waals surface area contributed by atoms with Gasteiger partial charge < -0.3 is 14.5 Å². The van der Waals surface area contributed by atoms with Crippen LogP contribution in [-0.2, 0) is 10.3 Å². The van der Waals surface area contributed by atoms with E-state index in [9.17, 15) is 9.59 Å². The first-order valence-corrected chi connectivity index (χ1v) is 8.61. The number of amides is 1. The highest BCUT2D eigenvalue weighted by molar-refractivity contribution is 5.97. The van der Waals surface area contributed by atoms with Crippen molar-refractivity contribution in [2.75, 3.05) is 11.9 Å². The van der Waals surface area contributed by atoms with Crippen molar-refractivity contribution in [3.63, 3.8) is 0 Å². The van der Waals surface area contributed by atoms with Crippen molar-refractivity contribution in [2.24, 2.45) is 0 Å². The molecule has 7 heteroatoms. The Kier molecular flexibility index (Phi) is 5.12. The zero-order valence-corrected chi connectivity index (χ0v) is 15.4. The van der Waals surface area contributed by atoms with Crippen LogP contribution in [0.4, 0.5) is 5.69 Å². The van der Waals surface area contributed by atoms with Crippen molar-refractivity contribution < 1.29 is 13.9 Å². The number of hydrogen-bond donors (Lipinski definition) is 1. The fraction of sp³-hybridized carbons (Fsp3) is 0.250. The Morgan fingerprint density at radius 3 is 2.67 bits per heavy atom. The minimum atomic E-state index is -1.24. The first kappa shape index (κ1) is 18.4. The zero-order chi connectivity index (χ0) is 19.4. The van der Waals surface area contributed by atoms with Crippen LogP contribution < -0.4 is 15.6 Å². The maximum Gasteiger partial charge on any atom is 0.267 e. The summed E-state index contributed by atoms with van der Waals surface area (Å²) >= 11 is 0. The summed E-state index contributed by atoms with van der Waals surface area (Å²) in [6.07, 6.45) is 1.52. The quantitative estimate of drug-likeness (QED) is 0.722. The number of nitrogens with one attached hydrogen (secondary N) is 1. The molecular weight excluding hydrogens is 346 g/mol. The van der Waals surface area contributed by atoms with Crippen LogP contribution in [0.15, 0.2) is 64.0 Å². The summed E-state index contributed by atoms with van der Waals surface area (Å²) in [5.41, 5.74) is -0.620. The van der Waals surface area contributed by atoms with Crippen LogP contribution in [0.3, 0.4) is 0 Å². The number of ether oxygens (including phenoxy) is 1. The highest BCUT2D eigenvalue weighted by Crippen LogP contribution is 2.26. The molecule has 3 aromatic rings. The molecule has 0 saturated carbocycles. The first-order valence-electron chi connectivity index (χ1n) is 8.61. The molecule has 0 atom stereocenters. The molecule has 27 heavy (non-hydrogen) atoms. The van der Waals surface area contributed by atoms with E-state index < -0.39 is 5.54 Å². The SMILES string of the molecule is CCOc1ccccc1NC(=O)C(C)(C)n1nc(-c2ccco2)ccc1=O. The van der Waals surface area contributed by atoms with Crippen molar-refractivity contribution in [1.82, 2.24) is 9.78 Å².